The minimum absolute atomic E-state index is 0.174. The van der Waals surface area contributed by atoms with Gasteiger partial charge in [0.15, 0.2) is 0 Å². The van der Waals surface area contributed by atoms with Crippen LogP contribution in [0.2, 0.25) is 0 Å². The molecule has 1 aliphatic carbocycles. The van der Waals surface area contributed by atoms with Crippen molar-refractivity contribution in [2.24, 2.45) is 15.9 Å². The zero-order chi connectivity index (χ0) is 18.1. The van der Waals surface area contributed by atoms with E-state index in [-0.39, 0.29) is 23.8 Å². The molecule has 3 heterocycles. The Bertz CT molecular complexity index is 912. The molecule has 0 bridgehead atoms. The quantitative estimate of drug-likeness (QED) is 0.848. The van der Waals surface area contributed by atoms with E-state index in [9.17, 15) is 9.59 Å². The van der Waals surface area contributed by atoms with Crippen LogP contribution in [0.15, 0.2) is 33.6 Å². The highest BCUT2D eigenvalue weighted by Gasteiger charge is 2.32. The molecule has 26 heavy (non-hydrogen) atoms. The van der Waals surface area contributed by atoms with Gasteiger partial charge in [-0.05, 0) is 43.7 Å². The Morgan fingerprint density at radius 1 is 1.31 bits per heavy atom. The number of fused-ring (bicyclic) bond motifs is 1. The van der Waals surface area contributed by atoms with Crippen molar-refractivity contribution in [1.29, 1.82) is 0 Å². The number of aryl methyl sites for hydroxylation is 1. The van der Waals surface area contributed by atoms with E-state index in [2.05, 4.69) is 25.7 Å². The lowest BCUT2D eigenvalue weighted by Gasteiger charge is -2.24. The summed E-state index contributed by atoms with van der Waals surface area (Å²) in [7, 11) is 0. The highest BCUT2D eigenvalue weighted by Crippen LogP contribution is 2.26. The van der Waals surface area contributed by atoms with Crippen molar-refractivity contribution in [3.63, 3.8) is 0 Å². The zero-order valence-corrected chi connectivity index (χ0v) is 15.0. The molecule has 1 unspecified atom stereocenters. The van der Waals surface area contributed by atoms with E-state index >= 15 is 0 Å². The van der Waals surface area contributed by atoms with Crippen molar-refractivity contribution in [2.45, 2.75) is 32.6 Å². The van der Waals surface area contributed by atoms with E-state index in [4.69, 9.17) is 0 Å². The van der Waals surface area contributed by atoms with Crippen LogP contribution in [0.4, 0.5) is 15.6 Å². The Morgan fingerprint density at radius 3 is 3.00 bits per heavy atom. The molecule has 3 amide bonds. The lowest BCUT2D eigenvalue weighted by molar-refractivity contribution is -0.120. The number of thiophene rings is 1. The molecule has 8 nitrogen and oxygen atoms in total. The van der Waals surface area contributed by atoms with E-state index in [1.807, 2.05) is 17.5 Å². The molecule has 0 radical (unpaired) electrons. The van der Waals surface area contributed by atoms with Crippen molar-refractivity contribution in [3.05, 3.63) is 29.3 Å². The fraction of sp³-hybridized carbons (Fsp3) is 0.353. The first-order valence-electron chi connectivity index (χ1n) is 8.49. The number of rotatable bonds is 2. The first-order chi connectivity index (χ1) is 12.6. The molecule has 0 saturated heterocycles. The van der Waals surface area contributed by atoms with E-state index in [1.165, 1.54) is 16.0 Å². The van der Waals surface area contributed by atoms with E-state index < -0.39 is 0 Å². The lowest BCUT2D eigenvalue weighted by atomic mass is 9.86. The second-order valence-corrected chi connectivity index (χ2v) is 7.24. The second kappa shape index (κ2) is 6.83. The number of hydrogen-bond donors (Lipinski definition) is 2. The summed E-state index contributed by atoms with van der Waals surface area (Å²) in [6, 6.07) is 4.99. The molecule has 9 heteroatoms. The van der Waals surface area contributed by atoms with Crippen LogP contribution in [0.25, 0.3) is 0 Å². The molecule has 4 rings (SSSR count). The van der Waals surface area contributed by atoms with Crippen LogP contribution in [0.1, 0.15) is 31.4 Å². The zero-order valence-electron chi connectivity index (χ0n) is 14.2. The van der Waals surface area contributed by atoms with Crippen molar-refractivity contribution in [2.75, 3.05) is 10.6 Å². The lowest BCUT2D eigenvalue weighted by Crippen LogP contribution is -2.34. The van der Waals surface area contributed by atoms with Crippen LogP contribution in [-0.2, 0) is 4.79 Å². The highest BCUT2D eigenvalue weighted by atomic mass is 32.1. The third kappa shape index (κ3) is 3.30. The van der Waals surface area contributed by atoms with Gasteiger partial charge in [0.2, 0.25) is 0 Å². The molecule has 2 aromatic heterocycles. The van der Waals surface area contributed by atoms with Crippen LogP contribution in [0, 0.1) is 12.8 Å². The molecule has 2 N–H and O–H groups in total. The predicted molar refractivity (Wildman–Crippen MR) is 101 cm³/mol. The number of nitrogens with zero attached hydrogens (tertiary/aromatic N) is 4. The van der Waals surface area contributed by atoms with Crippen molar-refractivity contribution < 1.29 is 9.59 Å². The molecule has 2 aliphatic rings. The van der Waals surface area contributed by atoms with Gasteiger partial charge in [0, 0.05) is 11.8 Å². The summed E-state index contributed by atoms with van der Waals surface area (Å²) in [4.78, 5) is 33.2. The van der Waals surface area contributed by atoms with Crippen molar-refractivity contribution in [1.82, 2.24) is 9.78 Å². The van der Waals surface area contributed by atoms with Crippen LogP contribution in [-0.4, -0.2) is 33.4 Å². The Morgan fingerprint density at radius 2 is 2.19 bits per heavy atom. The minimum atomic E-state index is -0.389. The van der Waals surface area contributed by atoms with Crippen LogP contribution in [0.5, 0.6) is 0 Å². The van der Waals surface area contributed by atoms with E-state index in [0.717, 1.165) is 36.4 Å². The Labute approximate surface area is 154 Å². The SMILES string of the molecule is Cc1cc(NC(=O)Nc2cccs2)n(C2=NC(=O)C3CCCCC3=N2)n1. The van der Waals surface area contributed by atoms with Crippen molar-refractivity contribution in [3.8, 4) is 0 Å². The number of carbonyl (C=O) groups is 2. The average molecular weight is 370 g/mol. The third-order valence-electron chi connectivity index (χ3n) is 4.35. The maximum absolute atomic E-state index is 12.4. The summed E-state index contributed by atoms with van der Waals surface area (Å²) in [6.45, 7) is 1.81. The number of hydrogen-bond acceptors (Lipinski definition) is 5. The number of carbonyl (C=O) groups excluding carboxylic acids is 2. The first-order valence-corrected chi connectivity index (χ1v) is 9.36. The standard InChI is InChI=1S/C17H18N6O2S/c1-10-9-13(19-17(25)20-14-7-4-8-26-14)23(22-10)16-18-12-6-3-2-5-11(12)15(24)21-16/h4,7-9,11H,2-3,5-6H2,1H3,(H2,19,20,25). The van der Waals surface area contributed by atoms with Gasteiger partial charge < -0.3 is 0 Å². The molecule has 1 saturated carbocycles. The molecule has 0 spiro atoms. The van der Waals surface area contributed by atoms with E-state index in [0.29, 0.717) is 11.5 Å². The van der Waals surface area contributed by atoms with Gasteiger partial charge in [-0.25, -0.2) is 9.79 Å². The van der Waals surface area contributed by atoms with Gasteiger partial charge in [0.25, 0.3) is 11.9 Å². The Kier molecular flexibility index (Phi) is 4.37. The molecular weight excluding hydrogens is 352 g/mol. The number of nitrogens with one attached hydrogen (secondary N) is 2. The van der Waals surface area contributed by atoms with Gasteiger partial charge in [-0.2, -0.15) is 14.8 Å². The van der Waals surface area contributed by atoms with Crippen LogP contribution in [0.3, 0.4) is 0 Å². The number of aliphatic imine (C=N–C) groups is 2. The molecule has 1 aliphatic heterocycles. The Hall–Kier alpha value is -2.81. The molecule has 0 aromatic carbocycles. The van der Waals surface area contributed by atoms with Gasteiger partial charge in [0.1, 0.15) is 5.82 Å². The smallest absolute Gasteiger partial charge is 0.299 e. The van der Waals surface area contributed by atoms with Gasteiger partial charge in [-0.3, -0.25) is 15.4 Å². The number of urea groups is 1. The third-order valence-corrected chi connectivity index (χ3v) is 5.14. The summed E-state index contributed by atoms with van der Waals surface area (Å²) in [5, 5.41) is 12.5. The largest absolute Gasteiger partial charge is 0.325 e. The molecule has 2 aromatic rings. The topological polar surface area (TPSA) is 101 Å². The predicted octanol–water partition coefficient (Wildman–Crippen LogP) is 3.27. The highest BCUT2D eigenvalue weighted by molar-refractivity contribution is 7.14. The number of aromatic nitrogens is 2. The molecule has 1 fully saturated rings. The summed E-state index contributed by atoms with van der Waals surface area (Å²) in [6.07, 6.45) is 3.66. The average Bonchev–Trinajstić information content (AvgIpc) is 3.24. The van der Waals surface area contributed by atoms with Gasteiger partial charge in [-0.1, -0.05) is 6.42 Å². The molecular formula is C17H18N6O2S. The van der Waals surface area contributed by atoms with Gasteiger partial charge in [-0.15, -0.1) is 11.3 Å². The Balaban J connectivity index is 1.58. The molecule has 1 atom stereocenters. The van der Waals surface area contributed by atoms with Crippen LogP contribution >= 0.6 is 11.3 Å². The first kappa shape index (κ1) is 16.6. The second-order valence-electron chi connectivity index (χ2n) is 6.29. The number of amides is 3. The summed E-state index contributed by atoms with van der Waals surface area (Å²) < 4.78 is 1.42. The normalized spacial score (nSPS) is 19.4. The number of anilines is 2. The van der Waals surface area contributed by atoms with E-state index in [1.54, 1.807) is 13.0 Å². The minimum Gasteiger partial charge on any atom is -0.299 e. The maximum atomic E-state index is 12.4. The molecule has 134 valence electrons. The maximum Gasteiger partial charge on any atom is 0.325 e. The summed E-state index contributed by atoms with van der Waals surface area (Å²) >= 11 is 1.43. The van der Waals surface area contributed by atoms with Crippen molar-refractivity contribution >= 4 is 45.8 Å². The fourth-order valence-electron chi connectivity index (χ4n) is 3.17. The van der Waals surface area contributed by atoms with Gasteiger partial charge >= 0.3 is 6.03 Å². The summed E-state index contributed by atoms with van der Waals surface area (Å²) in [5.74, 6) is 0.263. The van der Waals surface area contributed by atoms with Gasteiger partial charge in [0.05, 0.1) is 16.6 Å². The summed E-state index contributed by atoms with van der Waals surface area (Å²) in [5.41, 5.74) is 1.56. The fourth-order valence-corrected chi connectivity index (χ4v) is 3.78. The monoisotopic (exact) mass is 370 g/mol. The van der Waals surface area contributed by atoms with Crippen LogP contribution < -0.4 is 10.6 Å².